The van der Waals surface area contributed by atoms with Gasteiger partial charge in [0.2, 0.25) is 0 Å². The summed E-state index contributed by atoms with van der Waals surface area (Å²) in [6.07, 6.45) is 0. The molecule has 1 amide bonds. The Hall–Kier alpha value is -1.45. The van der Waals surface area contributed by atoms with Crippen LogP contribution in [0.15, 0.2) is 6.07 Å². The number of aryl methyl sites for hydroxylation is 2. The highest BCUT2D eigenvalue weighted by molar-refractivity contribution is 5.95. The van der Waals surface area contributed by atoms with Crippen LogP contribution in [0.5, 0.6) is 0 Å². The first-order valence-corrected chi connectivity index (χ1v) is 5.10. The van der Waals surface area contributed by atoms with E-state index in [1.165, 1.54) is 0 Å². The van der Waals surface area contributed by atoms with Crippen LogP contribution in [0.25, 0.3) is 0 Å². The van der Waals surface area contributed by atoms with Crippen LogP contribution in [0.2, 0.25) is 0 Å². The van der Waals surface area contributed by atoms with Gasteiger partial charge < -0.3 is 5.32 Å². The third kappa shape index (κ3) is 3.31. The van der Waals surface area contributed by atoms with Gasteiger partial charge in [0.25, 0.3) is 5.91 Å². The molecule has 0 aliphatic carbocycles. The Labute approximate surface area is 90.1 Å². The zero-order chi connectivity index (χ0) is 11.4. The summed E-state index contributed by atoms with van der Waals surface area (Å²) in [5.74, 6) is 0.379. The van der Waals surface area contributed by atoms with Crippen molar-refractivity contribution in [3.63, 3.8) is 0 Å². The fourth-order valence-corrected chi connectivity index (χ4v) is 1.17. The molecule has 4 nitrogen and oxygen atoms in total. The third-order valence-electron chi connectivity index (χ3n) is 2.02. The molecule has 0 radical (unpaired) electrons. The second kappa shape index (κ2) is 4.87. The number of hydrogen-bond acceptors (Lipinski definition) is 3. The predicted molar refractivity (Wildman–Crippen MR) is 58.7 cm³/mol. The largest absolute Gasteiger partial charge is 0.352 e. The van der Waals surface area contributed by atoms with Crippen molar-refractivity contribution in [1.82, 2.24) is 15.5 Å². The van der Waals surface area contributed by atoms with Crippen molar-refractivity contribution in [2.75, 3.05) is 6.54 Å². The van der Waals surface area contributed by atoms with Gasteiger partial charge in [-0.05, 0) is 25.8 Å². The SMILES string of the molecule is Cc1cc(C(=O)NCC(C)C)c(C)nn1. The lowest BCUT2D eigenvalue weighted by atomic mass is 10.1. The molecule has 4 heteroatoms. The summed E-state index contributed by atoms with van der Waals surface area (Å²) >= 11 is 0. The van der Waals surface area contributed by atoms with E-state index in [1.54, 1.807) is 13.0 Å². The Kier molecular flexibility index (Phi) is 3.77. The van der Waals surface area contributed by atoms with Crippen molar-refractivity contribution in [1.29, 1.82) is 0 Å². The molecule has 0 bridgehead atoms. The highest BCUT2D eigenvalue weighted by Gasteiger charge is 2.10. The monoisotopic (exact) mass is 207 g/mol. The van der Waals surface area contributed by atoms with E-state index in [-0.39, 0.29) is 5.91 Å². The van der Waals surface area contributed by atoms with Crippen LogP contribution in [-0.4, -0.2) is 22.6 Å². The Balaban J connectivity index is 2.77. The van der Waals surface area contributed by atoms with E-state index in [2.05, 4.69) is 29.4 Å². The molecule has 1 rings (SSSR count). The molecule has 0 atom stereocenters. The molecule has 0 aliphatic heterocycles. The first-order chi connectivity index (χ1) is 7.00. The molecular weight excluding hydrogens is 190 g/mol. The standard InChI is InChI=1S/C11H17N3O/c1-7(2)6-12-11(15)10-5-8(3)13-14-9(10)4/h5,7H,6H2,1-4H3,(H,12,15). The van der Waals surface area contributed by atoms with Crippen LogP contribution < -0.4 is 5.32 Å². The number of carbonyl (C=O) groups is 1. The lowest BCUT2D eigenvalue weighted by Gasteiger charge is -2.08. The average Bonchev–Trinajstić information content (AvgIpc) is 2.18. The zero-order valence-electron chi connectivity index (χ0n) is 9.66. The first-order valence-electron chi connectivity index (χ1n) is 5.10. The van der Waals surface area contributed by atoms with Gasteiger partial charge in [-0.25, -0.2) is 0 Å². The number of amides is 1. The highest BCUT2D eigenvalue weighted by Crippen LogP contribution is 2.05. The molecule has 0 aromatic carbocycles. The second-order valence-corrected chi connectivity index (χ2v) is 4.09. The third-order valence-corrected chi connectivity index (χ3v) is 2.02. The molecule has 1 aromatic rings. The summed E-state index contributed by atoms with van der Waals surface area (Å²) in [5, 5.41) is 10.7. The smallest absolute Gasteiger partial charge is 0.253 e. The molecule has 0 saturated carbocycles. The van der Waals surface area contributed by atoms with Crippen LogP contribution in [0.3, 0.4) is 0 Å². The van der Waals surface area contributed by atoms with E-state index in [1.807, 2.05) is 6.92 Å². The van der Waals surface area contributed by atoms with Crippen molar-refractivity contribution >= 4 is 5.91 Å². The van der Waals surface area contributed by atoms with Gasteiger partial charge >= 0.3 is 0 Å². The molecule has 0 fully saturated rings. The van der Waals surface area contributed by atoms with E-state index in [4.69, 9.17) is 0 Å². The van der Waals surface area contributed by atoms with Crippen LogP contribution in [0.4, 0.5) is 0 Å². The van der Waals surface area contributed by atoms with E-state index >= 15 is 0 Å². The van der Waals surface area contributed by atoms with Crippen LogP contribution in [0, 0.1) is 19.8 Å². The molecule has 1 heterocycles. The van der Waals surface area contributed by atoms with Gasteiger partial charge in [0, 0.05) is 6.54 Å². The molecule has 1 N–H and O–H groups in total. The van der Waals surface area contributed by atoms with Crippen molar-refractivity contribution in [3.05, 3.63) is 23.0 Å². The van der Waals surface area contributed by atoms with Crippen molar-refractivity contribution in [3.8, 4) is 0 Å². The van der Waals surface area contributed by atoms with Gasteiger partial charge in [0.15, 0.2) is 0 Å². The highest BCUT2D eigenvalue weighted by atomic mass is 16.1. The minimum Gasteiger partial charge on any atom is -0.352 e. The lowest BCUT2D eigenvalue weighted by Crippen LogP contribution is -2.28. The number of nitrogens with zero attached hydrogens (tertiary/aromatic N) is 2. The van der Waals surface area contributed by atoms with Gasteiger partial charge in [-0.3, -0.25) is 4.79 Å². The minimum absolute atomic E-state index is 0.0702. The van der Waals surface area contributed by atoms with Crippen molar-refractivity contribution < 1.29 is 4.79 Å². The van der Waals surface area contributed by atoms with Crippen molar-refractivity contribution in [2.24, 2.45) is 5.92 Å². The number of rotatable bonds is 3. The maximum Gasteiger partial charge on any atom is 0.253 e. The van der Waals surface area contributed by atoms with E-state index in [9.17, 15) is 4.79 Å². The number of nitrogens with one attached hydrogen (secondary N) is 1. The van der Waals surface area contributed by atoms with Gasteiger partial charge in [-0.15, -0.1) is 0 Å². The molecule has 82 valence electrons. The second-order valence-electron chi connectivity index (χ2n) is 4.09. The number of carbonyl (C=O) groups excluding carboxylic acids is 1. The maximum atomic E-state index is 11.7. The molecule has 15 heavy (non-hydrogen) atoms. The summed E-state index contributed by atoms with van der Waals surface area (Å²) in [6.45, 7) is 8.41. The molecule has 0 aliphatic rings. The van der Waals surface area contributed by atoms with Crippen molar-refractivity contribution in [2.45, 2.75) is 27.7 Å². The topological polar surface area (TPSA) is 54.9 Å². The van der Waals surface area contributed by atoms with E-state index < -0.39 is 0 Å². The van der Waals surface area contributed by atoms with Crippen LogP contribution >= 0.6 is 0 Å². The number of hydrogen-bond donors (Lipinski definition) is 1. The minimum atomic E-state index is -0.0702. The summed E-state index contributed by atoms with van der Waals surface area (Å²) in [6, 6.07) is 1.76. The van der Waals surface area contributed by atoms with E-state index in [0.717, 1.165) is 5.69 Å². The van der Waals surface area contributed by atoms with Gasteiger partial charge in [-0.2, -0.15) is 10.2 Å². The van der Waals surface area contributed by atoms with Crippen LogP contribution in [0.1, 0.15) is 35.6 Å². The summed E-state index contributed by atoms with van der Waals surface area (Å²) in [5.41, 5.74) is 2.04. The summed E-state index contributed by atoms with van der Waals surface area (Å²) in [4.78, 5) is 11.7. The normalized spacial score (nSPS) is 10.5. The Morgan fingerprint density at radius 1 is 1.40 bits per heavy atom. The fraction of sp³-hybridized carbons (Fsp3) is 0.545. The molecule has 0 unspecified atom stereocenters. The zero-order valence-corrected chi connectivity index (χ0v) is 9.66. The summed E-state index contributed by atoms with van der Waals surface area (Å²) < 4.78 is 0. The van der Waals surface area contributed by atoms with Crippen LogP contribution in [-0.2, 0) is 0 Å². The molecule has 0 spiro atoms. The summed E-state index contributed by atoms with van der Waals surface area (Å²) in [7, 11) is 0. The Morgan fingerprint density at radius 3 is 2.67 bits per heavy atom. The van der Waals surface area contributed by atoms with Gasteiger partial charge in [0.05, 0.1) is 17.0 Å². The Bertz CT molecular complexity index is 361. The Morgan fingerprint density at radius 2 is 2.07 bits per heavy atom. The first kappa shape index (κ1) is 11.6. The van der Waals surface area contributed by atoms with Gasteiger partial charge in [-0.1, -0.05) is 13.8 Å². The lowest BCUT2D eigenvalue weighted by molar-refractivity contribution is 0.0947. The predicted octanol–water partition coefficient (Wildman–Crippen LogP) is 1.48. The molecular formula is C11H17N3O. The quantitative estimate of drug-likeness (QED) is 0.816. The van der Waals surface area contributed by atoms with Gasteiger partial charge in [0.1, 0.15) is 0 Å². The average molecular weight is 207 g/mol. The molecule has 0 saturated heterocycles. The fourth-order valence-electron chi connectivity index (χ4n) is 1.17. The molecule has 1 aromatic heterocycles. The maximum absolute atomic E-state index is 11.7. The van der Waals surface area contributed by atoms with E-state index in [0.29, 0.717) is 23.7 Å². The number of aromatic nitrogens is 2.